The molecule has 2 aromatic heterocycles. The monoisotopic (exact) mass is 315 g/mol. The molecule has 2 heterocycles. The second kappa shape index (κ2) is 6.04. The number of H-pyrrole nitrogens is 1. The first-order valence-electron chi connectivity index (χ1n) is 6.19. The minimum Gasteiger partial charge on any atom is -0.391 e. The van der Waals surface area contributed by atoms with E-state index in [-0.39, 0.29) is 11.5 Å². The number of rotatable bonds is 6. The molecule has 20 heavy (non-hydrogen) atoms. The summed E-state index contributed by atoms with van der Waals surface area (Å²) in [5.41, 5.74) is 0.640. The predicted octanol–water partition coefficient (Wildman–Crippen LogP) is 1.70. The highest BCUT2D eigenvalue weighted by molar-refractivity contribution is 7.89. The van der Waals surface area contributed by atoms with Crippen LogP contribution in [-0.4, -0.2) is 23.5 Å². The van der Waals surface area contributed by atoms with Crippen LogP contribution in [0.25, 0.3) is 0 Å². The molecular weight excluding hydrogens is 298 g/mol. The maximum absolute atomic E-state index is 12.5. The minimum absolute atomic E-state index is 0.176. The molecule has 0 saturated heterocycles. The highest BCUT2D eigenvalue weighted by Gasteiger charge is 2.26. The number of nitrogens with zero attached hydrogens (tertiary/aromatic N) is 1. The topological polar surface area (TPSA) is 95.1 Å². The first-order chi connectivity index (χ1) is 9.49. The van der Waals surface area contributed by atoms with Gasteiger partial charge in [0.1, 0.15) is 10.7 Å². The van der Waals surface area contributed by atoms with Gasteiger partial charge in [0.2, 0.25) is 10.0 Å². The van der Waals surface area contributed by atoms with Gasteiger partial charge in [-0.25, -0.2) is 18.1 Å². The smallest absolute Gasteiger partial charge is 0.242 e. The van der Waals surface area contributed by atoms with Crippen LogP contribution in [0.5, 0.6) is 0 Å². The lowest BCUT2D eigenvalue weighted by Crippen LogP contribution is -2.29. The average Bonchev–Trinajstić information content (AvgIpc) is 3.05. The predicted molar refractivity (Wildman–Crippen MR) is 76.9 cm³/mol. The number of thiophene rings is 1. The van der Waals surface area contributed by atoms with E-state index in [9.17, 15) is 13.5 Å². The number of aromatic nitrogens is 2. The minimum atomic E-state index is -3.69. The normalized spacial score (nSPS) is 13.6. The third-order valence-electron chi connectivity index (χ3n) is 2.96. The summed E-state index contributed by atoms with van der Waals surface area (Å²) < 4.78 is 27.6. The van der Waals surface area contributed by atoms with Crippen molar-refractivity contribution in [3.63, 3.8) is 0 Å². The van der Waals surface area contributed by atoms with E-state index in [0.717, 1.165) is 0 Å². The zero-order valence-electron chi connectivity index (χ0n) is 11.3. The van der Waals surface area contributed by atoms with Crippen LogP contribution in [0.2, 0.25) is 0 Å². The fourth-order valence-corrected chi connectivity index (χ4v) is 4.95. The van der Waals surface area contributed by atoms with Gasteiger partial charge in [-0.15, -0.1) is 11.3 Å². The van der Waals surface area contributed by atoms with Gasteiger partial charge in [0.15, 0.2) is 0 Å². The van der Waals surface area contributed by atoms with E-state index < -0.39 is 16.1 Å². The zero-order valence-corrected chi connectivity index (χ0v) is 12.9. The summed E-state index contributed by atoms with van der Waals surface area (Å²) in [7, 11) is -3.69. The van der Waals surface area contributed by atoms with Gasteiger partial charge in [0, 0.05) is 12.4 Å². The molecule has 0 amide bonds. The number of aliphatic hydroxyl groups is 1. The lowest BCUT2D eigenvalue weighted by Gasteiger charge is -2.15. The van der Waals surface area contributed by atoms with E-state index >= 15 is 0 Å². The number of aromatic amines is 1. The van der Waals surface area contributed by atoms with Crippen molar-refractivity contribution >= 4 is 21.4 Å². The van der Waals surface area contributed by atoms with Crippen LogP contribution in [-0.2, 0) is 16.6 Å². The second-order valence-corrected chi connectivity index (χ2v) is 7.00. The van der Waals surface area contributed by atoms with Gasteiger partial charge in [-0.05, 0) is 24.3 Å². The Morgan fingerprint density at radius 2 is 2.30 bits per heavy atom. The molecule has 0 aliphatic heterocycles. The van der Waals surface area contributed by atoms with Crippen molar-refractivity contribution < 1.29 is 13.5 Å². The fraction of sp³-hybridized carbons (Fsp3) is 0.417. The van der Waals surface area contributed by atoms with Crippen LogP contribution in [0, 0.1) is 6.92 Å². The third kappa shape index (κ3) is 2.93. The van der Waals surface area contributed by atoms with Crippen molar-refractivity contribution in [3.05, 3.63) is 34.0 Å². The molecule has 0 aliphatic rings. The summed E-state index contributed by atoms with van der Waals surface area (Å²) >= 11 is 1.24. The molecule has 2 aromatic rings. The van der Waals surface area contributed by atoms with Crippen LogP contribution in [0.15, 0.2) is 22.7 Å². The molecule has 3 N–H and O–H groups in total. The SMILES string of the molecule is CCC(NS(=O)(=O)c1c(C)csc1CO)c1ncc[nH]1. The number of imidazole rings is 1. The summed E-state index contributed by atoms with van der Waals surface area (Å²) in [4.78, 5) is 7.63. The van der Waals surface area contributed by atoms with Gasteiger partial charge in [-0.1, -0.05) is 6.92 Å². The molecule has 0 saturated carbocycles. The first-order valence-corrected chi connectivity index (χ1v) is 8.55. The zero-order chi connectivity index (χ0) is 14.8. The van der Waals surface area contributed by atoms with Crippen molar-refractivity contribution in [1.82, 2.24) is 14.7 Å². The van der Waals surface area contributed by atoms with E-state index in [1.807, 2.05) is 6.92 Å². The van der Waals surface area contributed by atoms with E-state index in [2.05, 4.69) is 14.7 Å². The molecule has 1 unspecified atom stereocenters. The quantitative estimate of drug-likeness (QED) is 0.756. The third-order valence-corrected chi connectivity index (χ3v) is 5.88. The molecular formula is C12H17N3O3S2. The maximum atomic E-state index is 12.5. The fourth-order valence-electron chi connectivity index (χ4n) is 2.00. The van der Waals surface area contributed by atoms with Gasteiger partial charge in [0.25, 0.3) is 0 Å². The molecule has 2 rings (SSSR count). The van der Waals surface area contributed by atoms with Gasteiger partial charge in [0.05, 0.1) is 17.5 Å². The van der Waals surface area contributed by atoms with E-state index in [1.165, 1.54) is 11.3 Å². The largest absolute Gasteiger partial charge is 0.391 e. The highest BCUT2D eigenvalue weighted by atomic mass is 32.2. The molecule has 8 heteroatoms. The molecule has 0 bridgehead atoms. The second-order valence-electron chi connectivity index (χ2n) is 4.39. The Labute approximate surface area is 121 Å². The van der Waals surface area contributed by atoms with Crippen LogP contribution in [0.1, 0.15) is 35.7 Å². The molecule has 0 fully saturated rings. The number of hydrogen-bond donors (Lipinski definition) is 3. The first kappa shape index (κ1) is 15.2. The molecule has 1 atom stereocenters. The maximum Gasteiger partial charge on any atom is 0.242 e. The standard InChI is InChI=1S/C12H17N3O3S2/c1-3-9(12-13-4-5-14-12)15-20(17,18)11-8(2)7-19-10(11)6-16/h4-5,7,9,15-16H,3,6H2,1-2H3,(H,13,14). The Bertz CT molecular complexity index is 662. The number of sulfonamides is 1. The molecule has 6 nitrogen and oxygen atoms in total. The summed E-state index contributed by atoms with van der Waals surface area (Å²) in [6.07, 6.45) is 3.81. The molecule has 0 aliphatic carbocycles. The Hall–Kier alpha value is -1.22. The summed E-state index contributed by atoms with van der Waals surface area (Å²) in [6.45, 7) is 3.31. The Morgan fingerprint density at radius 1 is 1.55 bits per heavy atom. The van der Waals surface area contributed by atoms with Crippen molar-refractivity contribution in [3.8, 4) is 0 Å². The highest BCUT2D eigenvalue weighted by Crippen LogP contribution is 2.28. The number of hydrogen-bond acceptors (Lipinski definition) is 5. The van der Waals surface area contributed by atoms with E-state index in [1.54, 1.807) is 24.7 Å². The summed E-state index contributed by atoms with van der Waals surface area (Å²) in [5, 5.41) is 11.0. The summed E-state index contributed by atoms with van der Waals surface area (Å²) in [5.74, 6) is 0.578. The number of aliphatic hydroxyl groups excluding tert-OH is 1. The van der Waals surface area contributed by atoms with Crippen molar-refractivity contribution in [2.75, 3.05) is 0 Å². The molecule has 0 spiro atoms. The molecule has 0 radical (unpaired) electrons. The van der Waals surface area contributed by atoms with E-state index in [4.69, 9.17) is 0 Å². The number of nitrogens with one attached hydrogen (secondary N) is 2. The van der Waals surface area contributed by atoms with Crippen LogP contribution in [0.4, 0.5) is 0 Å². The van der Waals surface area contributed by atoms with Crippen molar-refractivity contribution in [2.45, 2.75) is 37.8 Å². The van der Waals surface area contributed by atoms with Gasteiger partial charge in [-0.3, -0.25) is 0 Å². The van der Waals surface area contributed by atoms with Crippen LogP contribution >= 0.6 is 11.3 Å². The Balaban J connectivity index is 2.33. The van der Waals surface area contributed by atoms with Crippen molar-refractivity contribution in [1.29, 1.82) is 0 Å². The molecule has 110 valence electrons. The molecule has 0 aromatic carbocycles. The lowest BCUT2D eigenvalue weighted by molar-refractivity contribution is 0.282. The number of aryl methyl sites for hydroxylation is 1. The van der Waals surface area contributed by atoms with Gasteiger partial charge >= 0.3 is 0 Å². The van der Waals surface area contributed by atoms with E-state index in [0.29, 0.717) is 22.7 Å². The van der Waals surface area contributed by atoms with Crippen molar-refractivity contribution in [2.24, 2.45) is 0 Å². The summed E-state index contributed by atoms with van der Waals surface area (Å²) in [6, 6.07) is -0.416. The Kier molecular flexibility index (Phi) is 4.59. The van der Waals surface area contributed by atoms with Crippen LogP contribution < -0.4 is 4.72 Å². The van der Waals surface area contributed by atoms with Gasteiger partial charge in [-0.2, -0.15) is 0 Å². The average molecular weight is 315 g/mol. The van der Waals surface area contributed by atoms with Crippen LogP contribution in [0.3, 0.4) is 0 Å². The lowest BCUT2D eigenvalue weighted by atomic mass is 10.2. The van der Waals surface area contributed by atoms with Gasteiger partial charge < -0.3 is 10.1 Å². The Morgan fingerprint density at radius 3 is 2.85 bits per heavy atom.